The highest BCUT2D eigenvalue weighted by atomic mass is 16.5. The van der Waals surface area contributed by atoms with Crippen LogP contribution in [-0.2, 0) is 23.9 Å². The van der Waals surface area contributed by atoms with Crippen LogP contribution in [0, 0.1) is 17.8 Å². The summed E-state index contributed by atoms with van der Waals surface area (Å²) >= 11 is 0. The second-order valence-corrected chi connectivity index (χ2v) is 5.64. The number of rotatable bonds is 7. The maximum Gasteiger partial charge on any atom is 0.320 e. The van der Waals surface area contributed by atoms with Crippen molar-refractivity contribution in [3.8, 4) is 0 Å². The third kappa shape index (κ3) is 4.68. The molecular formula is C17H26O5. The van der Waals surface area contributed by atoms with Crippen molar-refractivity contribution >= 4 is 17.7 Å². The molecule has 0 unspecified atom stereocenters. The molecule has 0 bridgehead atoms. The lowest BCUT2D eigenvalue weighted by molar-refractivity contribution is -0.162. The summed E-state index contributed by atoms with van der Waals surface area (Å²) < 4.78 is 9.53. The lowest BCUT2D eigenvalue weighted by Gasteiger charge is -2.30. The molecule has 0 aromatic rings. The van der Waals surface area contributed by atoms with E-state index < -0.39 is 23.8 Å². The first-order valence-electron chi connectivity index (χ1n) is 7.91. The van der Waals surface area contributed by atoms with E-state index in [0.717, 1.165) is 25.7 Å². The molecule has 0 saturated heterocycles. The Morgan fingerprint density at radius 1 is 1.23 bits per heavy atom. The van der Waals surface area contributed by atoms with Gasteiger partial charge in [0.1, 0.15) is 5.78 Å². The molecule has 5 heteroatoms. The summed E-state index contributed by atoms with van der Waals surface area (Å²) in [6.07, 6.45) is 8.59. The number of ether oxygens (including phenoxy) is 2. The SMILES string of the molecule is CCC/C=C/[C@H](C(C(=O)OC)C(=O)OC)[C@@H]1CCCCC1=O. The Balaban J connectivity index is 3.11. The minimum Gasteiger partial charge on any atom is -0.468 e. The smallest absolute Gasteiger partial charge is 0.320 e. The van der Waals surface area contributed by atoms with Crippen molar-refractivity contribution in [3.05, 3.63) is 12.2 Å². The number of Topliss-reactive ketones (excluding diaryl/α,β-unsaturated/α-hetero) is 1. The van der Waals surface area contributed by atoms with E-state index in [4.69, 9.17) is 9.47 Å². The highest BCUT2D eigenvalue weighted by molar-refractivity contribution is 5.96. The molecule has 1 rings (SSSR count). The van der Waals surface area contributed by atoms with Crippen LogP contribution in [0.5, 0.6) is 0 Å². The van der Waals surface area contributed by atoms with Gasteiger partial charge >= 0.3 is 11.9 Å². The number of ketones is 1. The summed E-state index contributed by atoms with van der Waals surface area (Å²) in [5, 5.41) is 0. The van der Waals surface area contributed by atoms with Crippen LogP contribution in [0.2, 0.25) is 0 Å². The number of hydrogen-bond acceptors (Lipinski definition) is 5. The van der Waals surface area contributed by atoms with E-state index in [1.54, 1.807) is 0 Å². The Hall–Kier alpha value is -1.65. The van der Waals surface area contributed by atoms with Gasteiger partial charge in [0.25, 0.3) is 0 Å². The van der Waals surface area contributed by atoms with Crippen molar-refractivity contribution in [2.75, 3.05) is 14.2 Å². The maximum atomic E-state index is 12.3. The Kier molecular flexibility index (Phi) is 7.85. The summed E-state index contributed by atoms with van der Waals surface area (Å²) in [6.45, 7) is 2.04. The van der Waals surface area contributed by atoms with Gasteiger partial charge in [-0.3, -0.25) is 14.4 Å². The van der Waals surface area contributed by atoms with Crippen molar-refractivity contribution in [3.63, 3.8) is 0 Å². The van der Waals surface area contributed by atoms with Gasteiger partial charge in [0, 0.05) is 18.3 Å². The minimum absolute atomic E-state index is 0.121. The van der Waals surface area contributed by atoms with Gasteiger partial charge in [-0.25, -0.2) is 0 Å². The van der Waals surface area contributed by atoms with E-state index in [-0.39, 0.29) is 11.7 Å². The zero-order chi connectivity index (χ0) is 16.5. The van der Waals surface area contributed by atoms with Crippen LogP contribution < -0.4 is 0 Å². The van der Waals surface area contributed by atoms with Gasteiger partial charge in [0.2, 0.25) is 0 Å². The second-order valence-electron chi connectivity index (χ2n) is 5.64. The third-order valence-corrected chi connectivity index (χ3v) is 4.18. The molecule has 0 aliphatic heterocycles. The number of hydrogen-bond donors (Lipinski definition) is 0. The fraction of sp³-hybridized carbons (Fsp3) is 0.706. The zero-order valence-corrected chi connectivity index (χ0v) is 13.7. The van der Waals surface area contributed by atoms with Gasteiger partial charge in [-0.2, -0.15) is 0 Å². The third-order valence-electron chi connectivity index (χ3n) is 4.18. The average Bonchev–Trinajstić information content (AvgIpc) is 2.54. The Bertz CT molecular complexity index is 411. The molecule has 0 amide bonds. The maximum absolute atomic E-state index is 12.3. The standard InChI is InChI=1S/C17H26O5/c1-4-5-6-10-13(12-9-7-8-11-14(12)18)15(16(19)21-2)17(20)22-3/h6,10,12-13,15H,4-5,7-9,11H2,1-3H3/b10-6+/t12-,13-/m0/s1. The van der Waals surface area contributed by atoms with Crippen LogP contribution in [0.4, 0.5) is 0 Å². The van der Waals surface area contributed by atoms with Crippen molar-refractivity contribution in [1.82, 2.24) is 0 Å². The molecule has 22 heavy (non-hydrogen) atoms. The highest BCUT2D eigenvalue weighted by Gasteiger charge is 2.42. The summed E-state index contributed by atoms with van der Waals surface area (Å²) in [4.78, 5) is 36.4. The van der Waals surface area contributed by atoms with E-state index in [1.807, 2.05) is 19.1 Å². The van der Waals surface area contributed by atoms with E-state index >= 15 is 0 Å². The number of methoxy groups -OCH3 is 2. The molecule has 1 aliphatic rings. The average molecular weight is 310 g/mol. The molecule has 2 atom stereocenters. The Morgan fingerprint density at radius 3 is 2.36 bits per heavy atom. The van der Waals surface area contributed by atoms with Crippen molar-refractivity contribution in [1.29, 1.82) is 0 Å². The second kappa shape index (κ2) is 9.38. The van der Waals surface area contributed by atoms with Crippen LogP contribution in [0.15, 0.2) is 12.2 Å². The molecule has 1 saturated carbocycles. The van der Waals surface area contributed by atoms with Gasteiger partial charge < -0.3 is 9.47 Å². The molecule has 124 valence electrons. The van der Waals surface area contributed by atoms with Crippen molar-refractivity contribution < 1.29 is 23.9 Å². The number of esters is 2. The van der Waals surface area contributed by atoms with Crippen LogP contribution >= 0.6 is 0 Å². The molecule has 0 heterocycles. The Morgan fingerprint density at radius 2 is 1.86 bits per heavy atom. The largest absolute Gasteiger partial charge is 0.468 e. The number of carbonyl (C=O) groups is 3. The quantitative estimate of drug-likeness (QED) is 0.411. The van der Waals surface area contributed by atoms with E-state index in [0.29, 0.717) is 12.8 Å². The van der Waals surface area contributed by atoms with Gasteiger partial charge in [-0.15, -0.1) is 0 Å². The van der Waals surface area contributed by atoms with E-state index in [1.165, 1.54) is 14.2 Å². The first-order valence-corrected chi connectivity index (χ1v) is 7.91. The fourth-order valence-corrected chi connectivity index (χ4v) is 2.98. The van der Waals surface area contributed by atoms with Gasteiger partial charge in [0.05, 0.1) is 14.2 Å². The molecule has 0 radical (unpaired) electrons. The summed E-state index contributed by atoms with van der Waals surface area (Å²) in [5.41, 5.74) is 0. The number of carbonyl (C=O) groups excluding carboxylic acids is 3. The number of unbranched alkanes of at least 4 members (excludes halogenated alkanes) is 1. The molecule has 5 nitrogen and oxygen atoms in total. The molecule has 0 N–H and O–H groups in total. The normalized spacial score (nSPS) is 20.2. The van der Waals surface area contributed by atoms with Gasteiger partial charge in [-0.05, 0) is 19.3 Å². The lowest BCUT2D eigenvalue weighted by Crippen LogP contribution is -2.39. The van der Waals surface area contributed by atoms with Crippen LogP contribution in [0.3, 0.4) is 0 Å². The zero-order valence-electron chi connectivity index (χ0n) is 13.7. The minimum atomic E-state index is -1.07. The molecule has 1 aliphatic carbocycles. The monoisotopic (exact) mass is 310 g/mol. The molecule has 1 fully saturated rings. The van der Waals surface area contributed by atoms with Crippen LogP contribution in [-0.4, -0.2) is 31.9 Å². The van der Waals surface area contributed by atoms with Gasteiger partial charge in [-0.1, -0.05) is 31.9 Å². The first kappa shape index (κ1) is 18.4. The fourth-order valence-electron chi connectivity index (χ4n) is 2.98. The predicted molar refractivity (Wildman–Crippen MR) is 82.0 cm³/mol. The highest BCUT2D eigenvalue weighted by Crippen LogP contribution is 2.34. The molecule has 0 aromatic carbocycles. The number of allylic oxidation sites excluding steroid dienone is 2. The molecule has 0 spiro atoms. The predicted octanol–water partition coefficient (Wildman–Crippen LogP) is 2.68. The molecule has 0 aromatic heterocycles. The van der Waals surface area contributed by atoms with Crippen molar-refractivity contribution in [2.24, 2.45) is 17.8 Å². The Labute approximate surface area is 132 Å². The van der Waals surface area contributed by atoms with Crippen LogP contribution in [0.25, 0.3) is 0 Å². The summed E-state index contributed by atoms with van der Waals surface area (Å²) in [6, 6.07) is 0. The topological polar surface area (TPSA) is 69.7 Å². The van der Waals surface area contributed by atoms with Gasteiger partial charge in [0.15, 0.2) is 5.92 Å². The van der Waals surface area contributed by atoms with Crippen LogP contribution in [0.1, 0.15) is 45.4 Å². The van der Waals surface area contributed by atoms with E-state index in [2.05, 4.69) is 0 Å². The molecular weight excluding hydrogens is 284 g/mol. The van der Waals surface area contributed by atoms with E-state index in [9.17, 15) is 14.4 Å². The summed E-state index contributed by atoms with van der Waals surface area (Å²) in [7, 11) is 2.49. The van der Waals surface area contributed by atoms with Crippen molar-refractivity contribution in [2.45, 2.75) is 45.4 Å². The first-order chi connectivity index (χ1) is 10.6. The lowest BCUT2D eigenvalue weighted by atomic mass is 9.73. The summed E-state index contributed by atoms with van der Waals surface area (Å²) in [5.74, 6) is -3.04.